The molecule has 0 aromatic heterocycles. The molecule has 0 aliphatic rings. The molecule has 2 rings (SSSR count). The third kappa shape index (κ3) is 3.67. The molecular weight excluding hydrogens is 322 g/mol. The Hall–Kier alpha value is -1.85. The van der Waals surface area contributed by atoms with Crippen LogP contribution in [-0.4, -0.2) is 20.1 Å². The van der Waals surface area contributed by atoms with Gasteiger partial charge in [-0.25, -0.2) is 8.42 Å². The molecule has 0 aliphatic heterocycles. The summed E-state index contributed by atoms with van der Waals surface area (Å²) < 4.78 is 24.1. The second-order valence-corrected chi connectivity index (χ2v) is 7.75. The number of nitrogens with two attached hydrogens (primary N) is 1. The van der Waals surface area contributed by atoms with Gasteiger partial charge in [-0.05, 0) is 24.1 Å². The SMILES string of the molecule is CC(c1ccc(-c2ccccc2Cl)cc1)S(=O)(=O)CC(N)=O. The van der Waals surface area contributed by atoms with Crippen LogP contribution in [0.25, 0.3) is 11.1 Å². The minimum absolute atomic E-state index is 0.608. The van der Waals surface area contributed by atoms with Crippen LogP contribution < -0.4 is 5.73 Å². The molecule has 1 amide bonds. The molecule has 2 aromatic rings. The highest BCUT2D eigenvalue weighted by molar-refractivity contribution is 7.92. The Balaban J connectivity index is 2.30. The van der Waals surface area contributed by atoms with Gasteiger partial charge in [0, 0.05) is 10.6 Å². The van der Waals surface area contributed by atoms with Crippen LogP contribution in [0.2, 0.25) is 5.02 Å². The molecule has 6 heteroatoms. The zero-order valence-electron chi connectivity index (χ0n) is 12.0. The van der Waals surface area contributed by atoms with Gasteiger partial charge in [0.2, 0.25) is 5.91 Å². The molecule has 116 valence electrons. The van der Waals surface area contributed by atoms with Crippen LogP contribution in [0.1, 0.15) is 17.7 Å². The molecule has 1 atom stereocenters. The van der Waals surface area contributed by atoms with Crippen LogP contribution >= 0.6 is 11.6 Å². The van der Waals surface area contributed by atoms with Crippen LogP contribution in [0.4, 0.5) is 0 Å². The Labute approximate surface area is 134 Å². The summed E-state index contributed by atoms with van der Waals surface area (Å²) in [5.74, 6) is -1.50. The zero-order chi connectivity index (χ0) is 16.3. The molecule has 22 heavy (non-hydrogen) atoms. The molecule has 2 aromatic carbocycles. The number of hydrogen-bond donors (Lipinski definition) is 1. The van der Waals surface area contributed by atoms with Crippen molar-refractivity contribution in [1.82, 2.24) is 0 Å². The number of sulfone groups is 1. The molecule has 0 heterocycles. The number of primary amides is 1. The lowest BCUT2D eigenvalue weighted by Gasteiger charge is -2.13. The van der Waals surface area contributed by atoms with Crippen LogP contribution in [-0.2, 0) is 14.6 Å². The van der Waals surface area contributed by atoms with Crippen LogP contribution in [0.3, 0.4) is 0 Å². The van der Waals surface area contributed by atoms with E-state index in [1.54, 1.807) is 25.1 Å². The monoisotopic (exact) mass is 337 g/mol. The summed E-state index contributed by atoms with van der Waals surface area (Å²) in [6.45, 7) is 1.54. The Morgan fingerprint density at radius 2 is 1.73 bits per heavy atom. The van der Waals surface area contributed by atoms with Crippen molar-refractivity contribution in [3.8, 4) is 11.1 Å². The van der Waals surface area contributed by atoms with E-state index < -0.39 is 26.7 Å². The van der Waals surface area contributed by atoms with Gasteiger partial charge in [0.1, 0.15) is 5.75 Å². The maximum absolute atomic E-state index is 12.0. The lowest BCUT2D eigenvalue weighted by molar-refractivity contribution is -0.115. The average molecular weight is 338 g/mol. The fraction of sp³-hybridized carbons (Fsp3) is 0.188. The van der Waals surface area contributed by atoms with E-state index in [2.05, 4.69) is 0 Å². The summed E-state index contributed by atoms with van der Waals surface area (Å²) in [7, 11) is -3.60. The lowest BCUT2D eigenvalue weighted by atomic mass is 10.0. The van der Waals surface area contributed by atoms with Gasteiger partial charge in [-0.15, -0.1) is 0 Å². The third-order valence-corrected chi connectivity index (χ3v) is 5.81. The third-order valence-electron chi connectivity index (χ3n) is 3.45. The van der Waals surface area contributed by atoms with Gasteiger partial charge in [0.05, 0.1) is 5.25 Å². The summed E-state index contributed by atoms with van der Waals surface area (Å²) in [5.41, 5.74) is 7.36. The van der Waals surface area contributed by atoms with E-state index in [-0.39, 0.29) is 0 Å². The fourth-order valence-electron chi connectivity index (χ4n) is 2.16. The van der Waals surface area contributed by atoms with Gasteiger partial charge in [-0.2, -0.15) is 0 Å². The summed E-state index contributed by atoms with van der Waals surface area (Å²) in [6, 6.07) is 14.5. The number of carbonyl (C=O) groups excluding carboxylic acids is 1. The van der Waals surface area contributed by atoms with Crippen molar-refractivity contribution in [2.45, 2.75) is 12.2 Å². The van der Waals surface area contributed by atoms with E-state index >= 15 is 0 Å². The van der Waals surface area contributed by atoms with E-state index in [4.69, 9.17) is 17.3 Å². The van der Waals surface area contributed by atoms with E-state index in [9.17, 15) is 13.2 Å². The Bertz CT molecular complexity index is 785. The van der Waals surface area contributed by atoms with Crippen molar-refractivity contribution < 1.29 is 13.2 Å². The molecule has 0 bridgehead atoms. The van der Waals surface area contributed by atoms with Crippen LogP contribution in [0.5, 0.6) is 0 Å². The molecule has 0 aliphatic carbocycles. The minimum Gasteiger partial charge on any atom is -0.369 e. The molecule has 0 spiro atoms. The minimum atomic E-state index is -3.60. The standard InChI is InChI=1S/C16H16ClNO3S/c1-11(22(20,21)10-16(18)19)12-6-8-13(9-7-12)14-4-2-3-5-15(14)17/h2-9,11H,10H2,1H3,(H2,18,19). The number of halogens is 1. The van der Waals surface area contributed by atoms with Crippen molar-refractivity contribution in [2.24, 2.45) is 5.73 Å². The predicted octanol–water partition coefficient (Wildman–Crippen LogP) is 2.97. The maximum Gasteiger partial charge on any atom is 0.232 e. The first-order valence-electron chi connectivity index (χ1n) is 6.66. The number of carbonyl (C=O) groups is 1. The van der Waals surface area contributed by atoms with Crippen LogP contribution in [0, 0.1) is 0 Å². The van der Waals surface area contributed by atoms with E-state index in [0.717, 1.165) is 11.1 Å². The van der Waals surface area contributed by atoms with E-state index in [1.807, 2.05) is 30.3 Å². The Morgan fingerprint density at radius 1 is 1.14 bits per heavy atom. The Morgan fingerprint density at radius 3 is 2.27 bits per heavy atom. The number of rotatable bonds is 5. The molecule has 0 radical (unpaired) electrons. The maximum atomic E-state index is 12.0. The van der Waals surface area contributed by atoms with Crippen molar-refractivity contribution in [2.75, 3.05) is 5.75 Å². The largest absolute Gasteiger partial charge is 0.369 e. The average Bonchev–Trinajstić information content (AvgIpc) is 2.46. The smallest absolute Gasteiger partial charge is 0.232 e. The van der Waals surface area contributed by atoms with Gasteiger partial charge in [-0.1, -0.05) is 54.1 Å². The summed E-state index contributed by atoms with van der Waals surface area (Å²) in [5, 5.41) is -0.162. The van der Waals surface area contributed by atoms with Crippen LogP contribution in [0.15, 0.2) is 48.5 Å². The first-order valence-corrected chi connectivity index (χ1v) is 8.75. The first-order chi connectivity index (χ1) is 10.3. The van der Waals surface area contributed by atoms with Gasteiger partial charge < -0.3 is 5.73 Å². The number of benzene rings is 2. The summed E-state index contributed by atoms with van der Waals surface area (Å²) in [4.78, 5) is 10.9. The first kappa shape index (κ1) is 16.5. The van der Waals surface area contributed by atoms with Crippen molar-refractivity contribution in [1.29, 1.82) is 0 Å². The van der Waals surface area contributed by atoms with Gasteiger partial charge in [0.25, 0.3) is 0 Å². The van der Waals surface area contributed by atoms with E-state index in [0.29, 0.717) is 10.6 Å². The highest BCUT2D eigenvalue weighted by atomic mass is 35.5. The quantitative estimate of drug-likeness (QED) is 0.911. The Kier molecular flexibility index (Phi) is 4.88. The molecule has 4 nitrogen and oxygen atoms in total. The lowest BCUT2D eigenvalue weighted by Crippen LogP contribution is -2.26. The predicted molar refractivity (Wildman–Crippen MR) is 88.3 cm³/mol. The molecule has 0 saturated carbocycles. The second kappa shape index (κ2) is 6.50. The summed E-state index contributed by atoms with van der Waals surface area (Å²) >= 11 is 6.14. The molecule has 1 unspecified atom stereocenters. The number of amides is 1. The normalized spacial score (nSPS) is 12.8. The number of hydrogen-bond acceptors (Lipinski definition) is 3. The summed E-state index contributed by atoms with van der Waals surface area (Å²) in [6.07, 6.45) is 0. The van der Waals surface area contributed by atoms with Gasteiger partial charge in [0.15, 0.2) is 9.84 Å². The van der Waals surface area contributed by atoms with Crippen molar-refractivity contribution >= 4 is 27.3 Å². The highest BCUT2D eigenvalue weighted by Gasteiger charge is 2.24. The topological polar surface area (TPSA) is 77.2 Å². The second-order valence-electron chi connectivity index (χ2n) is 5.02. The molecule has 0 fully saturated rings. The van der Waals surface area contributed by atoms with E-state index in [1.165, 1.54) is 0 Å². The van der Waals surface area contributed by atoms with Gasteiger partial charge >= 0.3 is 0 Å². The highest BCUT2D eigenvalue weighted by Crippen LogP contribution is 2.30. The van der Waals surface area contributed by atoms with Gasteiger partial charge in [-0.3, -0.25) is 4.79 Å². The van der Waals surface area contributed by atoms with Crippen molar-refractivity contribution in [3.63, 3.8) is 0 Å². The molecule has 2 N–H and O–H groups in total. The fourth-order valence-corrected chi connectivity index (χ4v) is 3.62. The molecule has 0 saturated heterocycles. The zero-order valence-corrected chi connectivity index (χ0v) is 13.6. The molecular formula is C16H16ClNO3S. The van der Waals surface area contributed by atoms with Crippen molar-refractivity contribution in [3.05, 3.63) is 59.1 Å².